The molecule has 0 radical (unpaired) electrons. The number of carbonyl (C=O) groups excluding carboxylic acids is 1. The Morgan fingerprint density at radius 3 is 2.56 bits per heavy atom. The number of carbonyl (C=O) groups is 1. The van der Waals surface area contributed by atoms with Crippen LogP contribution in [0.1, 0.15) is 30.5 Å². The van der Waals surface area contributed by atoms with Crippen molar-refractivity contribution in [3.05, 3.63) is 53.7 Å². The number of amides is 1. The highest BCUT2D eigenvalue weighted by molar-refractivity contribution is 7.80. The Morgan fingerprint density at radius 1 is 1.15 bits per heavy atom. The van der Waals surface area contributed by atoms with E-state index in [0.717, 1.165) is 65.5 Å². The average Bonchev–Trinajstić information content (AvgIpc) is 2.84. The average molecular weight is 480 g/mol. The van der Waals surface area contributed by atoms with Crippen LogP contribution in [0.2, 0.25) is 0 Å². The fourth-order valence-corrected chi connectivity index (χ4v) is 4.53. The van der Waals surface area contributed by atoms with Gasteiger partial charge in [0.05, 0.1) is 11.2 Å². The molecule has 1 saturated heterocycles. The summed E-state index contributed by atoms with van der Waals surface area (Å²) in [5.41, 5.74) is 3.68. The zero-order chi connectivity index (χ0) is 24.1. The lowest BCUT2D eigenvalue weighted by Gasteiger charge is -2.35. The van der Waals surface area contributed by atoms with Crippen LogP contribution in [-0.2, 0) is 11.2 Å². The van der Waals surface area contributed by atoms with Crippen molar-refractivity contribution in [1.82, 2.24) is 14.9 Å². The fourth-order valence-electron chi connectivity index (χ4n) is 4.38. The summed E-state index contributed by atoms with van der Waals surface area (Å²) in [5, 5.41) is 3.97. The Balaban J connectivity index is 1.37. The lowest BCUT2D eigenvalue weighted by molar-refractivity contribution is -0.116. The van der Waals surface area contributed by atoms with Crippen LogP contribution in [0.3, 0.4) is 0 Å². The van der Waals surface area contributed by atoms with Crippen LogP contribution in [0, 0.1) is 6.92 Å². The van der Waals surface area contributed by atoms with Crippen molar-refractivity contribution >= 4 is 41.1 Å². The van der Waals surface area contributed by atoms with Crippen LogP contribution in [0.5, 0.6) is 5.75 Å². The zero-order valence-corrected chi connectivity index (χ0v) is 21.0. The number of ether oxygens (including phenoxy) is 1. The highest BCUT2D eigenvalue weighted by Gasteiger charge is 2.22. The summed E-state index contributed by atoms with van der Waals surface area (Å²) in [7, 11) is 4.29. The first-order valence-corrected chi connectivity index (χ1v) is 12.4. The van der Waals surface area contributed by atoms with Gasteiger partial charge in [0, 0.05) is 36.6 Å². The monoisotopic (exact) mass is 479 g/mol. The van der Waals surface area contributed by atoms with Crippen molar-refractivity contribution in [3.8, 4) is 5.75 Å². The summed E-state index contributed by atoms with van der Waals surface area (Å²) in [6.45, 7) is 3.94. The summed E-state index contributed by atoms with van der Waals surface area (Å²) in [6.07, 6.45) is 3.30. The molecule has 180 valence electrons. The predicted molar refractivity (Wildman–Crippen MR) is 141 cm³/mol. The normalized spacial score (nSPS) is 14.6. The number of rotatable bonds is 8. The van der Waals surface area contributed by atoms with Crippen LogP contribution in [0.25, 0.3) is 10.9 Å². The third-order valence-electron chi connectivity index (χ3n) is 6.43. The molecule has 0 unspecified atom stereocenters. The molecule has 0 aliphatic carbocycles. The molecule has 1 fully saturated rings. The van der Waals surface area contributed by atoms with E-state index in [9.17, 15) is 4.79 Å². The van der Waals surface area contributed by atoms with Crippen LogP contribution in [0.4, 0.5) is 11.6 Å². The number of hydrogen-bond acceptors (Lipinski definition) is 7. The van der Waals surface area contributed by atoms with Gasteiger partial charge in [-0.05, 0) is 76.2 Å². The number of nitrogens with one attached hydrogen (secondary N) is 1. The number of aryl methyl sites for hydroxylation is 2. The number of hydrogen-bond donors (Lipinski definition) is 2. The molecule has 0 spiro atoms. The molecule has 1 aromatic heterocycles. The van der Waals surface area contributed by atoms with E-state index in [-0.39, 0.29) is 5.91 Å². The number of thiol groups is 1. The standard InChI is InChI=1S/C26H33N5O2S/c1-18-23-16-20(28-25(32)11-6-19-4-8-22(9-5-19)33-17-34)7-10-24(23)29-26(27-18)31-14-12-21(13-15-31)30(2)3/h4-5,7-10,16,21,34H,6,11-15,17H2,1-3H3,(H,28,32). The van der Waals surface area contributed by atoms with Gasteiger partial charge in [0.25, 0.3) is 0 Å². The van der Waals surface area contributed by atoms with Crippen LogP contribution in [-0.4, -0.2) is 59.9 Å². The SMILES string of the molecule is Cc1nc(N2CCC(N(C)C)CC2)nc2ccc(NC(=O)CCc3ccc(OCS)cc3)cc12. The summed E-state index contributed by atoms with van der Waals surface area (Å²) >= 11 is 4.05. The maximum atomic E-state index is 12.5. The van der Waals surface area contributed by atoms with Crippen LogP contribution >= 0.6 is 12.6 Å². The van der Waals surface area contributed by atoms with Gasteiger partial charge >= 0.3 is 0 Å². The third kappa shape index (κ3) is 5.98. The van der Waals surface area contributed by atoms with E-state index < -0.39 is 0 Å². The van der Waals surface area contributed by atoms with Crippen molar-refractivity contribution in [1.29, 1.82) is 0 Å². The zero-order valence-electron chi connectivity index (χ0n) is 20.1. The van der Waals surface area contributed by atoms with E-state index >= 15 is 0 Å². The first-order valence-electron chi connectivity index (χ1n) is 11.7. The van der Waals surface area contributed by atoms with E-state index in [2.05, 4.69) is 41.8 Å². The van der Waals surface area contributed by atoms with E-state index in [4.69, 9.17) is 14.7 Å². The van der Waals surface area contributed by atoms with E-state index in [1.54, 1.807) is 0 Å². The minimum absolute atomic E-state index is 0.0195. The first kappa shape index (κ1) is 24.3. The molecule has 1 aliphatic heterocycles. The maximum absolute atomic E-state index is 12.5. The maximum Gasteiger partial charge on any atom is 0.226 e. The van der Waals surface area contributed by atoms with Gasteiger partial charge in [0.2, 0.25) is 11.9 Å². The predicted octanol–water partition coefficient (Wildman–Crippen LogP) is 4.31. The highest BCUT2D eigenvalue weighted by atomic mass is 32.1. The number of benzene rings is 2. The van der Waals surface area contributed by atoms with Crippen molar-refractivity contribution in [3.63, 3.8) is 0 Å². The third-order valence-corrected chi connectivity index (χ3v) is 6.56. The molecule has 0 atom stereocenters. The summed E-state index contributed by atoms with van der Waals surface area (Å²) in [4.78, 5) is 26.7. The van der Waals surface area contributed by atoms with Gasteiger partial charge in [0.15, 0.2) is 0 Å². The van der Waals surface area contributed by atoms with Gasteiger partial charge in [-0.1, -0.05) is 12.1 Å². The van der Waals surface area contributed by atoms with Crippen molar-refractivity contribution in [2.45, 2.75) is 38.6 Å². The molecule has 8 heteroatoms. The molecule has 3 aromatic rings. The fraction of sp³-hybridized carbons (Fsp3) is 0.423. The summed E-state index contributed by atoms with van der Waals surface area (Å²) < 4.78 is 5.33. The highest BCUT2D eigenvalue weighted by Crippen LogP contribution is 2.25. The number of nitrogens with zero attached hydrogens (tertiary/aromatic N) is 4. The minimum Gasteiger partial charge on any atom is -0.483 e. The summed E-state index contributed by atoms with van der Waals surface area (Å²) in [6, 6.07) is 14.2. The van der Waals surface area contributed by atoms with Gasteiger partial charge in [-0.3, -0.25) is 4.79 Å². The van der Waals surface area contributed by atoms with Gasteiger partial charge in [-0.15, -0.1) is 12.6 Å². The largest absolute Gasteiger partial charge is 0.483 e. The van der Waals surface area contributed by atoms with E-state index in [1.807, 2.05) is 49.4 Å². The second-order valence-corrected chi connectivity index (χ2v) is 9.25. The first-order chi connectivity index (χ1) is 16.4. The quantitative estimate of drug-likeness (QED) is 0.371. The smallest absolute Gasteiger partial charge is 0.226 e. The molecular formula is C26H33N5O2S. The molecule has 1 amide bonds. The van der Waals surface area contributed by atoms with E-state index in [1.165, 1.54) is 0 Å². The van der Waals surface area contributed by atoms with E-state index in [0.29, 0.717) is 24.8 Å². The van der Waals surface area contributed by atoms with Crippen LogP contribution < -0.4 is 15.0 Å². The van der Waals surface area contributed by atoms with Gasteiger partial charge in [-0.25, -0.2) is 9.97 Å². The molecule has 2 aromatic carbocycles. The minimum atomic E-state index is -0.0195. The van der Waals surface area contributed by atoms with Crippen molar-refractivity contribution in [2.24, 2.45) is 0 Å². The molecular weight excluding hydrogens is 446 g/mol. The lowest BCUT2D eigenvalue weighted by Crippen LogP contribution is -2.42. The van der Waals surface area contributed by atoms with Crippen molar-refractivity contribution in [2.75, 3.05) is 43.3 Å². The second-order valence-electron chi connectivity index (χ2n) is 8.99. The van der Waals surface area contributed by atoms with Crippen molar-refractivity contribution < 1.29 is 9.53 Å². The molecule has 2 heterocycles. The number of aromatic nitrogens is 2. The molecule has 0 saturated carbocycles. The Bertz CT molecular complexity index is 1130. The number of fused-ring (bicyclic) bond motifs is 1. The Hall–Kier alpha value is -2.84. The number of piperidine rings is 1. The number of anilines is 2. The molecule has 7 nitrogen and oxygen atoms in total. The molecule has 1 aliphatic rings. The Morgan fingerprint density at radius 2 is 1.88 bits per heavy atom. The second kappa shape index (κ2) is 11.1. The van der Waals surface area contributed by atoms with Gasteiger partial charge in [-0.2, -0.15) is 0 Å². The topological polar surface area (TPSA) is 70.6 Å². The molecule has 0 bridgehead atoms. The Kier molecular flexibility index (Phi) is 7.90. The molecule has 1 N–H and O–H groups in total. The van der Waals surface area contributed by atoms with Gasteiger partial charge < -0.3 is 19.9 Å². The molecule has 34 heavy (non-hydrogen) atoms. The summed E-state index contributed by atoms with van der Waals surface area (Å²) in [5.74, 6) is 1.89. The Labute approximate surface area is 206 Å². The lowest BCUT2D eigenvalue weighted by atomic mass is 10.0. The molecule has 4 rings (SSSR count). The van der Waals surface area contributed by atoms with Gasteiger partial charge in [0.1, 0.15) is 11.7 Å². The van der Waals surface area contributed by atoms with Crippen LogP contribution in [0.15, 0.2) is 42.5 Å².